The summed E-state index contributed by atoms with van der Waals surface area (Å²) in [4.78, 5) is 25.3. The Labute approximate surface area is 203 Å². The quantitative estimate of drug-likeness (QED) is 0.599. The van der Waals surface area contributed by atoms with Crippen molar-refractivity contribution in [3.05, 3.63) is 27.7 Å². The zero-order valence-corrected chi connectivity index (χ0v) is 20.0. The summed E-state index contributed by atoms with van der Waals surface area (Å²) in [6.07, 6.45) is 7.05. The van der Waals surface area contributed by atoms with Crippen molar-refractivity contribution in [2.45, 2.75) is 74.8 Å². The first kappa shape index (κ1) is 21.4. The van der Waals surface area contributed by atoms with E-state index in [-0.39, 0.29) is 5.41 Å². The van der Waals surface area contributed by atoms with E-state index in [4.69, 9.17) is 35.6 Å². The van der Waals surface area contributed by atoms with Crippen LogP contribution in [0, 0.1) is 0 Å². The molecule has 2 spiro atoms. The summed E-state index contributed by atoms with van der Waals surface area (Å²) in [7, 11) is 0. The molecule has 34 heavy (non-hydrogen) atoms. The first-order chi connectivity index (χ1) is 16.6. The van der Waals surface area contributed by atoms with Gasteiger partial charge in [0.15, 0.2) is 0 Å². The smallest absolute Gasteiger partial charge is 0.207 e. The van der Waals surface area contributed by atoms with E-state index < -0.39 is 5.41 Å². The minimum atomic E-state index is -0.489. The number of fused-ring (bicyclic) bond motifs is 4. The second-order valence-corrected chi connectivity index (χ2v) is 11.1. The van der Waals surface area contributed by atoms with E-state index >= 15 is 0 Å². The zero-order valence-electron chi connectivity index (χ0n) is 19.3. The average molecular weight is 485 g/mol. The molecule has 2 aromatic rings. The van der Waals surface area contributed by atoms with Crippen molar-refractivity contribution in [2.75, 3.05) is 33.0 Å². The van der Waals surface area contributed by atoms with Gasteiger partial charge in [0.05, 0.1) is 42.4 Å². The first-order valence-electron chi connectivity index (χ1n) is 12.6. The molecule has 3 aliphatic heterocycles. The van der Waals surface area contributed by atoms with Gasteiger partial charge >= 0.3 is 0 Å². The van der Waals surface area contributed by atoms with Gasteiger partial charge in [0.25, 0.3) is 0 Å². The van der Waals surface area contributed by atoms with Crippen molar-refractivity contribution in [2.24, 2.45) is 0 Å². The number of aromatic nitrogens is 3. The van der Waals surface area contributed by atoms with Gasteiger partial charge in [0, 0.05) is 37.2 Å². The monoisotopic (exact) mass is 484 g/mol. The highest BCUT2D eigenvalue weighted by Crippen LogP contribution is 2.48. The van der Waals surface area contributed by atoms with Crippen molar-refractivity contribution >= 4 is 17.4 Å². The maximum Gasteiger partial charge on any atom is 0.207 e. The molecule has 0 unspecified atom stereocenters. The van der Waals surface area contributed by atoms with E-state index in [1.165, 1.54) is 0 Å². The van der Waals surface area contributed by atoms with Gasteiger partial charge in [-0.15, -0.1) is 0 Å². The average Bonchev–Trinajstić information content (AvgIpc) is 3.44. The highest BCUT2D eigenvalue weighted by atomic mass is 35.5. The predicted octanol–water partition coefficient (Wildman–Crippen LogP) is 3.37. The van der Waals surface area contributed by atoms with Crippen LogP contribution < -0.4 is 0 Å². The molecule has 2 aromatic heterocycles. The summed E-state index contributed by atoms with van der Waals surface area (Å²) in [5.41, 5.74) is 3.11. The minimum Gasteiger partial charge on any atom is -0.380 e. The molecular formula is C25H29ClN4O4. The second kappa shape index (κ2) is 7.82. The summed E-state index contributed by atoms with van der Waals surface area (Å²) in [5.74, 6) is 1.39. The van der Waals surface area contributed by atoms with Crippen LogP contribution in [0.5, 0.6) is 0 Å². The van der Waals surface area contributed by atoms with Crippen molar-refractivity contribution in [3.63, 3.8) is 0 Å². The van der Waals surface area contributed by atoms with Gasteiger partial charge in [0.1, 0.15) is 16.6 Å². The van der Waals surface area contributed by atoms with Gasteiger partial charge in [-0.05, 0) is 38.5 Å². The van der Waals surface area contributed by atoms with E-state index in [0.29, 0.717) is 48.2 Å². The SMILES string of the molecule is O=C1CCCC[C@@]12CCCc1c2noc1-c1nc(Cl)c2c(n1)[C@@]1(CCOC1)CN(C1COC1)C2. The normalized spacial score (nSPS) is 31.6. The van der Waals surface area contributed by atoms with E-state index in [2.05, 4.69) is 10.1 Å². The molecular weight excluding hydrogens is 456 g/mol. The molecule has 0 amide bonds. The second-order valence-electron chi connectivity index (χ2n) is 10.7. The number of rotatable bonds is 2. The minimum absolute atomic E-state index is 0.203. The van der Waals surface area contributed by atoms with Crippen LogP contribution in [0.4, 0.5) is 0 Å². The number of hydrogen-bond acceptors (Lipinski definition) is 8. The van der Waals surface area contributed by atoms with Gasteiger partial charge in [-0.1, -0.05) is 23.2 Å². The molecule has 5 heterocycles. The van der Waals surface area contributed by atoms with Gasteiger partial charge in [-0.2, -0.15) is 0 Å². The first-order valence-corrected chi connectivity index (χ1v) is 13.0. The zero-order chi connectivity index (χ0) is 22.9. The van der Waals surface area contributed by atoms with E-state index in [1.807, 2.05) is 0 Å². The van der Waals surface area contributed by atoms with Crippen LogP contribution in [0.3, 0.4) is 0 Å². The molecule has 2 atom stereocenters. The molecule has 180 valence electrons. The number of ketones is 1. The predicted molar refractivity (Wildman–Crippen MR) is 123 cm³/mol. The molecule has 8 nitrogen and oxygen atoms in total. The van der Waals surface area contributed by atoms with E-state index in [1.54, 1.807) is 0 Å². The number of nitrogens with zero attached hydrogens (tertiary/aromatic N) is 4. The topological polar surface area (TPSA) is 90.6 Å². The molecule has 5 aliphatic rings. The molecule has 0 N–H and O–H groups in total. The Morgan fingerprint density at radius 3 is 2.62 bits per heavy atom. The molecule has 1 saturated carbocycles. The summed E-state index contributed by atoms with van der Waals surface area (Å²) in [6.45, 7) is 4.46. The molecule has 0 aromatic carbocycles. The van der Waals surface area contributed by atoms with Crippen molar-refractivity contribution in [1.82, 2.24) is 20.0 Å². The summed E-state index contributed by atoms with van der Waals surface area (Å²) < 4.78 is 17.3. The Morgan fingerprint density at radius 1 is 0.971 bits per heavy atom. The van der Waals surface area contributed by atoms with Gasteiger partial charge in [-0.3, -0.25) is 9.69 Å². The molecule has 0 bridgehead atoms. The lowest BCUT2D eigenvalue weighted by Gasteiger charge is -2.46. The van der Waals surface area contributed by atoms with Gasteiger partial charge in [0.2, 0.25) is 11.6 Å². The van der Waals surface area contributed by atoms with Crippen LogP contribution >= 0.6 is 11.6 Å². The Bertz CT molecular complexity index is 1160. The van der Waals surface area contributed by atoms with Crippen LogP contribution in [0.15, 0.2) is 4.52 Å². The number of ether oxygens (including phenoxy) is 2. The van der Waals surface area contributed by atoms with Crippen molar-refractivity contribution in [1.29, 1.82) is 0 Å². The standard InChI is InChI=1S/C25H29ClN4O4/c26-22-17-10-30(15-11-33-12-15)13-24(8-9-32-14-24)20(17)27-23(28-22)19-16-4-3-7-25(21(16)29-34-19)6-2-1-5-18(25)31/h15H,1-14H2/t24-,25+/m0/s1. The summed E-state index contributed by atoms with van der Waals surface area (Å²) in [6, 6.07) is 0.409. The maximum atomic E-state index is 13.0. The lowest BCUT2D eigenvalue weighted by Crippen LogP contribution is -2.56. The van der Waals surface area contributed by atoms with E-state index in [9.17, 15) is 4.79 Å². The number of Topliss-reactive ketones (excluding diaryl/α,β-unsaturated/α-hetero) is 1. The Kier molecular flexibility index (Phi) is 4.92. The molecule has 7 rings (SSSR count). The molecule has 3 fully saturated rings. The number of carbonyl (C=O) groups is 1. The number of halogens is 1. The lowest BCUT2D eigenvalue weighted by molar-refractivity contribution is -0.127. The van der Waals surface area contributed by atoms with Crippen LogP contribution in [-0.2, 0) is 38.1 Å². The molecule has 2 saturated heterocycles. The Hall–Kier alpha value is -1.87. The van der Waals surface area contributed by atoms with Crippen LogP contribution in [0.25, 0.3) is 11.6 Å². The fourth-order valence-electron chi connectivity index (χ4n) is 6.85. The Balaban J connectivity index is 1.32. The van der Waals surface area contributed by atoms with Crippen molar-refractivity contribution in [3.8, 4) is 11.6 Å². The largest absolute Gasteiger partial charge is 0.380 e. The third kappa shape index (κ3) is 3.01. The van der Waals surface area contributed by atoms with E-state index in [0.717, 1.165) is 93.8 Å². The van der Waals surface area contributed by atoms with Crippen molar-refractivity contribution < 1.29 is 18.8 Å². The number of carbonyl (C=O) groups excluding carboxylic acids is 1. The Morgan fingerprint density at radius 2 is 1.85 bits per heavy atom. The van der Waals surface area contributed by atoms with Crippen LogP contribution in [-0.4, -0.2) is 64.8 Å². The van der Waals surface area contributed by atoms with Gasteiger partial charge in [-0.25, -0.2) is 9.97 Å². The molecule has 0 radical (unpaired) electrons. The van der Waals surface area contributed by atoms with Crippen LogP contribution in [0.1, 0.15) is 67.5 Å². The maximum absolute atomic E-state index is 13.0. The lowest BCUT2D eigenvalue weighted by atomic mass is 9.64. The third-order valence-corrected chi connectivity index (χ3v) is 9.14. The summed E-state index contributed by atoms with van der Waals surface area (Å²) in [5, 5.41) is 4.95. The molecule has 9 heteroatoms. The summed E-state index contributed by atoms with van der Waals surface area (Å²) >= 11 is 6.84. The van der Waals surface area contributed by atoms with Gasteiger partial charge < -0.3 is 14.0 Å². The highest BCUT2D eigenvalue weighted by Gasteiger charge is 2.50. The molecule has 2 aliphatic carbocycles. The third-order valence-electron chi connectivity index (χ3n) is 8.83. The fraction of sp³-hybridized carbons (Fsp3) is 0.680. The van der Waals surface area contributed by atoms with Crippen LogP contribution in [0.2, 0.25) is 5.15 Å². The fourth-order valence-corrected chi connectivity index (χ4v) is 7.08. The number of hydrogen-bond donors (Lipinski definition) is 0. The highest BCUT2D eigenvalue weighted by molar-refractivity contribution is 6.30.